The van der Waals surface area contributed by atoms with Crippen LogP contribution in [0.1, 0.15) is 39.5 Å². The Morgan fingerprint density at radius 1 is 1.11 bits per heavy atom. The zero-order chi connectivity index (χ0) is 14.7. The molecule has 0 aromatic carbocycles. The first-order chi connectivity index (χ1) is 8.71. The Hall–Kier alpha value is 0.720. The second-order valence-corrected chi connectivity index (χ2v) is 8.10. The summed E-state index contributed by atoms with van der Waals surface area (Å²) in [4.78, 5) is 1.54. The lowest BCUT2D eigenvalue weighted by Gasteiger charge is -2.39. The van der Waals surface area contributed by atoms with E-state index in [9.17, 15) is 0 Å². The van der Waals surface area contributed by atoms with E-state index in [4.69, 9.17) is 58.0 Å². The molecule has 1 rings (SSSR count). The predicted octanol–water partition coefficient (Wildman–Crippen LogP) is 4.98. The van der Waals surface area contributed by atoms with Crippen molar-refractivity contribution in [1.82, 2.24) is 9.91 Å². The molecule has 0 radical (unpaired) electrons. The molecule has 112 valence electrons. The van der Waals surface area contributed by atoms with Crippen molar-refractivity contribution >= 4 is 64.3 Å². The highest BCUT2D eigenvalue weighted by Crippen LogP contribution is 2.49. The first-order valence-electron chi connectivity index (χ1n) is 6.25. The van der Waals surface area contributed by atoms with Gasteiger partial charge in [0.25, 0.3) is 0 Å². The first kappa shape index (κ1) is 17.8. The van der Waals surface area contributed by atoms with Crippen molar-refractivity contribution in [2.24, 2.45) is 5.10 Å². The van der Waals surface area contributed by atoms with Gasteiger partial charge in [-0.1, -0.05) is 84.2 Å². The molecule has 1 atom stereocenters. The molecular formula is C11H18Cl5N3. The van der Waals surface area contributed by atoms with Gasteiger partial charge in [-0.3, -0.25) is 5.01 Å². The maximum absolute atomic E-state index is 6.14. The Kier molecular flexibility index (Phi) is 6.67. The normalized spacial score (nSPS) is 20.5. The molecule has 0 saturated heterocycles. The van der Waals surface area contributed by atoms with Gasteiger partial charge in [-0.25, -0.2) is 0 Å². The SMILES string of the molecule is CCCCCCN1N=CN(C(Cl)(Cl)C(Cl)(Cl)Cl)C1C. The van der Waals surface area contributed by atoms with Gasteiger partial charge in [-0.05, 0) is 13.3 Å². The van der Waals surface area contributed by atoms with E-state index in [1.54, 1.807) is 4.90 Å². The Morgan fingerprint density at radius 2 is 1.74 bits per heavy atom. The van der Waals surface area contributed by atoms with E-state index in [0.29, 0.717) is 0 Å². The van der Waals surface area contributed by atoms with Crippen LogP contribution in [0.4, 0.5) is 0 Å². The van der Waals surface area contributed by atoms with Crippen molar-refractivity contribution in [2.45, 2.75) is 53.9 Å². The fourth-order valence-electron chi connectivity index (χ4n) is 1.86. The summed E-state index contributed by atoms with van der Waals surface area (Å²) in [5.74, 6) is 0. The van der Waals surface area contributed by atoms with E-state index in [0.717, 1.165) is 13.0 Å². The standard InChI is InChI=1S/C11H18Cl5N3/c1-3-4-5-6-7-19-9(2)18(8-17-19)11(15,16)10(12,13)14/h8-9H,3-7H2,1-2H3. The van der Waals surface area contributed by atoms with E-state index < -0.39 is 8.25 Å². The fraction of sp³-hybridized carbons (Fsp3) is 0.909. The summed E-state index contributed by atoms with van der Waals surface area (Å²) in [7, 11) is 0. The lowest BCUT2D eigenvalue weighted by atomic mass is 10.2. The van der Waals surface area contributed by atoms with E-state index in [1.165, 1.54) is 25.6 Å². The number of nitrogens with zero attached hydrogens (tertiary/aromatic N) is 3. The Balaban J connectivity index is 2.56. The molecule has 1 heterocycles. The minimum Gasteiger partial charge on any atom is -0.304 e. The molecule has 0 saturated carbocycles. The number of alkyl halides is 5. The number of halogens is 5. The molecule has 3 nitrogen and oxygen atoms in total. The van der Waals surface area contributed by atoms with Crippen molar-refractivity contribution in [3.05, 3.63) is 0 Å². The fourth-order valence-corrected chi connectivity index (χ4v) is 2.52. The van der Waals surface area contributed by atoms with Crippen LogP contribution in [-0.2, 0) is 0 Å². The molecule has 8 heteroatoms. The lowest BCUT2D eigenvalue weighted by Crippen LogP contribution is -2.53. The molecule has 19 heavy (non-hydrogen) atoms. The molecule has 0 N–H and O–H groups in total. The summed E-state index contributed by atoms with van der Waals surface area (Å²) in [6, 6.07) is 0. The van der Waals surface area contributed by atoms with Gasteiger partial charge in [0.15, 0.2) is 0 Å². The average molecular weight is 370 g/mol. The Morgan fingerprint density at radius 3 is 2.26 bits per heavy atom. The summed E-state index contributed by atoms with van der Waals surface area (Å²) >= 11 is 29.7. The van der Waals surface area contributed by atoms with Gasteiger partial charge in [0.05, 0.1) is 0 Å². The van der Waals surface area contributed by atoms with Crippen LogP contribution in [0.5, 0.6) is 0 Å². The third-order valence-corrected chi connectivity index (χ3v) is 5.42. The molecule has 1 aliphatic heterocycles. The summed E-state index contributed by atoms with van der Waals surface area (Å²) in [5, 5.41) is 6.16. The van der Waals surface area contributed by atoms with Crippen molar-refractivity contribution in [1.29, 1.82) is 0 Å². The molecule has 0 aromatic rings. The third-order valence-electron chi connectivity index (χ3n) is 3.06. The monoisotopic (exact) mass is 367 g/mol. The van der Waals surface area contributed by atoms with Crippen molar-refractivity contribution < 1.29 is 0 Å². The van der Waals surface area contributed by atoms with Crippen LogP contribution in [0.15, 0.2) is 5.10 Å². The summed E-state index contributed by atoms with van der Waals surface area (Å²) in [5.41, 5.74) is 0. The van der Waals surface area contributed by atoms with Gasteiger partial charge in [-0.2, -0.15) is 5.10 Å². The highest BCUT2D eigenvalue weighted by Gasteiger charge is 2.53. The first-order valence-corrected chi connectivity index (χ1v) is 8.14. The third kappa shape index (κ3) is 4.34. The maximum Gasteiger partial charge on any atom is 0.241 e. The summed E-state index contributed by atoms with van der Waals surface area (Å²) in [6.45, 7) is 4.93. The second-order valence-electron chi connectivity index (χ2n) is 4.53. The van der Waals surface area contributed by atoms with Gasteiger partial charge in [0.2, 0.25) is 8.25 Å². The van der Waals surface area contributed by atoms with Gasteiger partial charge in [0, 0.05) is 6.54 Å². The molecule has 0 aromatic heterocycles. The average Bonchev–Trinajstić information content (AvgIpc) is 2.65. The van der Waals surface area contributed by atoms with Crippen molar-refractivity contribution in [2.75, 3.05) is 6.54 Å². The van der Waals surface area contributed by atoms with Crippen LogP contribution >= 0.6 is 58.0 Å². The molecule has 0 amide bonds. The highest BCUT2D eigenvalue weighted by molar-refractivity contribution is 6.75. The quantitative estimate of drug-likeness (QED) is 0.374. The van der Waals surface area contributed by atoms with Gasteiger partial charge >= 0.3 is 0 Å². The molecule has 0 aliphatic carbocycles. The van der Waals surface area contributed by atoms with Crippen molar-refractivity contribution in [3.63, 3.8) is 0 Å². The van der Waals surface area contributed by atoms with E-state index in [-0.39, 0.29) is 6.17 Å². The lowest BCUT2D eigenvalue weighted by molar-refractivity contribution is 0.127. The van der Waals surface area contributed by atoms with Crippen LogP contribution < -0.4 is 0 Å². The minimum atomic E-state index is -1.82. The highest BCUT2D eigenvalue weighted by atomic mass is 35.6. The zero-order valence-corrected chi connectivity index (χ0v) is 14.7. The maximum atomic E-state index is 6.14. The smallest absolute Gasteiger partial charge is 0.241 e. The predicted molar refractivity (Wildman–Crippen MR) is 85.4 cm³/mol. The number of hydrogen-bond acceptors (Lipinski definition) is 3. The largest absolute Gasteiger partial charge is 0.304 e. The van der Waals surface area contributed by atoms with E-state index >= 15 is 0 Å². The molecule has 0 bridgehead atoms. The van der Waals surface area contributed by atoms with E-state index in [1.807, 2.05) is 11.9 Å². The van der Waals surface area contributed by atoms with Gasteiger partial charge in [-0.15, -0.1) is 0 Å². The zero-order valence-electron chi connectivity index (χ0n) is 10.9. The molecule has 0 spiro atoms. The van der Waals surface area contributed by atoms with Gasteiger partial charge in [0.1, 0.15) is 12.5 Å². The van der Waals surface area contributed by atoms with Crippen LogP contribution in [0.3, 0.4) is 0 Å². The Bertz CT molecular complexity index is 316. The van der Waals surface area contributed by atoms with E-state index in [2.05, 4.69) is 12.0 Å². The van der Waals surface area contributed by atoms with Crippen molar-refractivity contribution in [3.8, 4) is 0 Å². The van der Waals surface area contributed by atoms with Crippen LogP contribution in [0.2, 0.25) is 0 Å². The number of hydrazone groups is 1. The molecule has 0 fully saturated rings. The van der Waals surface area contributed by atoms with Gasteiger partial charge < -0.3 is 4.90 Å². The van der Waals surface area contributed by atoms with Crippen LogP contribution in [0.25, 0.3) is 0 Å². The topological polar surface area (TPSA) is 18.8 Å². The molecular weight excluding hydrogens is 351 g/mol. The van der Waals surface area contributed by atoms with Crippen LogP contribution in [-0.4, -0.2) is 37.2 Å². The summed E-state index contributed by atoms with van der Waals surface area (Å²) in [6.07, 6.45) is 6.03. The molecule has 1 unspecified atom stereocenters. The minimum absolute atomic E-state index is 0.146. The second kappa shape index (κ2) is 7.13. The molecule has 1 aliphatic rings. The van der Waals surface area contributed by atoms with Crippen LogP contribution in [0, 0.1) is 0 Å². The number of hydrogen-bond donors (Lipinski definition) is 0. The number of rotatable bonds is 6. The summed E-state index contributed by atoms with van der Waals surface area (Å²) < 4.78 is -3.48. The number of unbranched alkanes of at least 4 members (excludes halogenated alkanes) is 3. The Labute approximate surface area is 139 Å².